The van der Waals surface area contributed by atoms with Crippen molar-refractivity contribution in [3.05, 3.63) is 29.6 Å². The Hall–Kier alpha value is -1.88. The fourth-order valence-corrected chi connectivity index (χ4v) is 2.73. The number of benzene rings is 1. The van der Waals surface area contributed by atoms with Crippen LogP contribution in [0, 0.1) is 0 Å². The Bertz CT molecular complexity index is 627. The molecule has 0 spiro atoms. The lowest BCUT2D eigenvalue weighted by atomic mass is 10.0. The van der Waals surface area contributed by atoms with Gasteiger partial charge < -0.3 is 15.0 Å². The number of piperidine rings is 1. The number of imidazole rings is 1. The summed E-state index contributed by atoms with van der Waals surface area (Å²) in [5.41, 5.74) is 2.04. The smallest absolute Gasteiger partial charge is 0.335 e. The monoisotopic (exact) mass is 259 g/mol. The number of aromatic nitrogens is 2. The molecule has 2 aromatic rings. The molecule has 2 N–H and O–H groups in total. The average Bonchev–Trinajstić information content (AvgIpc) is 2.77. The molecule has 1 aromatic carbocycles. The summed E-state index contributed by atoms with van der Waals surface area (Å²) in [6, 6.07) is 5.36. The maximum absolute atomic E-state index is 11.0. The zero-order chi connectivity index (χ0) is 13.4. The van der Waals surface area contributed by atoms with E-state index in [9.17, 15) is 4.79 Å². The van der Waals surface area contributed by atoms with Crippen LogP contribution in [0.5, 0.6) is 0 Å². The Labute approximate surface area is 111 Å². The zero-order valence-corrected chi connectivity index (χ0v) is 10.9. The minimum absolute atomic E-state index is 0.277. The molecule has 19 heavy (non-hydrogen) atoms. The molecule has 1 atom stereocenters. The molecule has 0 saturated carbocycles. The van der Waals surface area contributed by atoms with Gasteiger partial charge in [-0.25, -0.2) is 9.78 Å². The van der Waals surface area contributed by atoms with Crippen molar-refractivity contribution < 1.29 is 9.90 Å². The first-order chi connectivity index (χ1) is 9.16. The molecular formula is C14H17N3O2. The minimum atomic E-state index is -0.902. The lowest BCUT2D eigenvalue weighted by Gasteiger charge is -2.22. The third-order valence-corrected chi connectivity index (χ3v) is 3.78. The fraction of sp³-hybridized carbons (Fsp3) is 0.429. The third-order valence-electron chi connectivity index (χ3n) is 3.78. The van der Waals surface area contributed by atoms with Crippen molar-refractivity contribution in [2.24, 2.45) is 7.05 Å². The summed E-state index contributed by atoms with van der Waals surface area (Å²) in [7, 11) is 1.95. The summed E-state index contributed by atoms with van der Waals surface area (Å²) >= 11 is 0. The van der Waals surface area contributed by atoms with Crippen LogP contribution >= 0.6 is 0 Å². The number of carboxylic acid groups (broad SMARTS) is 1. The van der Waals surface area contributed by atoms with Gasteiger partial charge in [-0.3, -0.25) is 0 Å². The molecule has 5 heteroatoms. The van der Waals surface area contributed by atoms with Gasteiger partial charge in [0, 0.05) is 7.05 Å². The highest BCUT2D eigenvalue weighted by Gasteiger charge is 2.20. The number of hydrogen-bond donors (Lipinski definition) is 2. The van der Waals surface area contributed by atoms with E-state index < -0.39 is 5.97 Å². The molecular weight excluding hydrogens is 242 g/mol. The Morgan fingerprint density at radius 1 is 1.47 bits per heavy atom. The van der Waals surface area contributed by atoms with Crippen molar-refractivity contribution in [1.29, 1.82) is 0 Å². The molecule has 1 fully saturated rings. The number of carboxylic acids is 1. The lowest BCUT2D eigenvalue weighted by Crippen LogP contribution is -2.28. The number of nitrogens with zero attached hydrogens (tertiary/aromatic N) is 2. The summed E-state index contributed by atoms with van der Waals surface area (Å²) < 4.78 is 2.00. The number of carbonyl (C=O) groups is 1. The van der Waals surface area contributed by atoms with Crippen molar-refractivity contribution >= 4 is 17.0 Å². The van der Waals surface area contributed by atoms with Crippen LogP contribution in [0.25, 0.3) is 11.0 Å². The van der Waals surface area contributed by atoms with Gasteiger partial charge in [0.15, 0.2) is 0 Å². The van der Waals surface area contributed by atoms with E-state index in [2.05, 4.69) is 10.3 Å². The molecule has 0 aliphatic carbocycles. The van der Waals surface area contributed by atoms with Gasteiger partial charge in [-0.15, -0.1) is 0 Å². The van der Waals surface area contributed by atoms with E-state index in [1.165, 1.54) is 12.8 Å². The molecule has 1 aliphatic heterocycles. The highest BCUT2D eigenvalue weighted by Crippen LogP contribution is 2.25. The Balaban J connectivity index is 2.06. The van der Waals surface area contributed by atoms with Crippen LogP contribution in [-0.4, -0.2) is 27.2 Å². The minimum Gasteiger partial charge on any atom is -0.478 e. The second kappa shape index (κ2) is 4.66. The quantitative estimate of drug-likeness (QED) is 0.866. The Morgan fingerprint density at radius 3 is 3.00 bits per heavy atom. The standard InChI is InChI=1S/C14H17N3O2/c1-17-12-8-9(14(18)19)5-6-10(12)16-13(17)11-4-2-3-7-15-11/h5-6,8,11,15H,2-4,7H2,1H3,(H,18,19). The summed E-state index contributed by atoms with van der Waals surface area (Å²) in [5.74, 6) is 0.0951. The molecule has 1 aromatic heterocycles. The molecule has 1 saturated heterocycles. The van der Waals surface area contributed by atoms with E-state index in [0.717, 1.165) is 29.8 Å². The normalized spacial score (nSPS) is 19.7. The van der Waals surface area contributed by atoms with E-state index in [-0.39, 0.29) is 6.04 Å². The second-order valence-electron chi connectivity index (χ2n) is 5.04. The molecule has 0 bridgehead atoms. The molecule has 3 rings (SSSR count). The van der Waals surface area contributed by atoms with Gasteiger partial charge >= 0.3 is 5.97 Å². The highest BCUT2D eigenvalue weighted by molar-refractivity contribution is 5.92. The SMILES string of the molecule is Cn1c(C2CCCCN2)nc2ccc(C(=O)O)cc21. The van der Waals surface area contributed by atoms with Crippen molar-refractivity contribution in [1.82, 2.24) is 14.9 Å². The van der Waals surface area contributed by atoms with Crippen molar-refractivity contribution in [3.8, 4) is 0 Å². The molecule has 0 radical (unpaired) electrons. The Kier molecular flexibility index (Phi) is 2.98. The molecule has 100 valence electrons. The van der Waals surface area contributed by atoms with E-state index in [0.29, 0.717) is 5.56 Å². The number of rotatable bonds is 2. The van der Waals surface area contributed by atoms with Gasteiger partial charge in [0.25, 0.3) is 0 Å². The van der Waals surface area contributed by atoms with Crippen LogP contribution in [0.1, 0.15) is 41.5 Å². The van der Waals surface area contributed by atoms with Gasteiger partial charge in [-0.2, -0.15) is 0 Å². The Morgan fingerprint density at radius 2 is 2.32 bits per heavy atom. The van der Waals surface area contributed by atoms with E-state index in [1.54, 1.807) is 18.2 Å². The second-order valence-corrected chi connectivity index (χ2v) is 5.04. The average molecular weight is 259 g/mol. The maximum atomic E-state index is 11.0. The van der Waals surface area contributed by atoms with Crippen molar-refractivity contribution in [2.45, 2.75) is 25.3 Å². The van der Waals surface area contributed by atoms with Gasteiger partial charge in [-0.1, -0.05) is 6.42 Å². The lowest BCUT2D eigenvalue weighted by molar-refractivity contribution is 0.0697. The predicted molar refractivity (Wildman–Crippen MR) is 72.3 cm³/mol. The number of aromatic carboxylic acids is 1. The van der Waals surface area contributed by atoms with Crippen LogP contribution in [0.3, 0.4) is 0 Å². The maximum Gasteiger partial charge on any atom is 0.335 e. The largest absolute Gasteiger partial charge is 0.478 e. The van der Waals surface area contributed by atoms with Crippen molar-refractivity contribution in [3.63, 3.8) is 0 Å². The first kappa shape index (κ1) is 12.2. The first-order valence-electron chi connectivity index (χ1n) is 6.60. The topological polar surface area (TPSA) is 67.2 Å². The van der Waals surface area contributed by atoms with Crippen LogP contribution in [0.2, 0.25) is 0 Å². The molecule has 1 unspecified atom stereocenters. The van der Waals surface area contributed by atoms with Crippen LogP contribution < -0.4 is 5.32 Å². The summed E-state index contributed by atoms with van der Waals surface area (Å²) in [6.45, 7) is 1.02. The van der Waals surface area contributed by atoms with Gasteiger partial charge in [0.1, 0.15) is 5.82 Å². The number of aryl methyl sites for hydroxylation is 1. The van der Waals surface area contributed by atoms with E-state index in [4.69, 9.17) is 5.11 Å². The molecule has 0 amide bonds. The van der Waals surface area contributed by atoms with Crippen LogP contribution in [-0.2, 0) is 7.05 Å². The third kappa shape index (κ3) is 2.10. The predicted octanol–water partition coefficient (Wildman–Crippen LogP) is 2.09. The van der Waals surface area contributed by atoms with Gasteiger partial charge in [0.05, 0.1) is 22.6 Å². The van der Waals surface area contributed by atoms with Crippen LogP contribution in [0.4, 0.5) is 0 Å². The van der Waals surface area contributed by atoms with E-state index >= 15 is 0 Å². The molecule has 5 nitrogen and oxygen atoms in total. The number of nitrogens with one attached hydrogen (secondary N) is 1. The molecule has 2 heterocycles. The summed E-state index contributed by atoms with van der Waals surface area (Å²) in [5, 5.41) is 12.5. The number of fused-ring (bicyclic) bond motifs is 1. The fourth-order valence-electron chi connectivity index (χ4n) is 2.73. The summed E-state index contributed by atoms with van der Waals surface area (Å²) in [6.07, 6.45) is 3.51. The van der Waals surface area contributed by atoms with Crippen LogP contribution in [0.15, 0.2) is 18.2 Å². The zero-order valence-electron chi connectivity index (χ0n) is 10.9. The van der Waals surface area contributed by atoms with Crippen molar-refractivity contribution in [2.75, 3.05) is 6.54 Å². The van der Waals surface area contributed by atoms with E-state index in [1.807, 2.05) is 11.6 Å². The van der Waals surface area contributed by atoms with Gasteiger partial charge in [-0.05, 0) is 37.6 Å². The summed E-state index contributed by atoms with van der Waals surface area (Å²) in [4.78, 5) is 15.7. The highest BCUT2D eigenvalue weighted by atomic mass is 16.4. The van der Waals surface area contributed by atoms with Gasteiger partial charge in [0.2, 0.25) is 0 Å². The first-order valence-corrected chi connectivity index (χ1v) is 6.60. The molecule has 1 aliphatic rings. The number of hydrogen-bond acceptors (Lipinski definition) is 3.